The maximum atomic E-state index is 10.7. The summed E-state index contributed by atoms with van der Waals surface area (Å²) in [5, 5.41) is 0. The van der Waals surface area contributed by atoms with E-state index in [-0.39, 0.29) is 5.91 Å². The number of nitrogens with one attached hydrogen (secondary N) is 1. The van der Waals surface area contributed by atoms with Crippen LogP contribution in [0.3, 0.4) is 0 Å². The third-order valence-corrected chi connectivity index (χ3v) is 1.35. The summed E-state index contributed by atoms with van der Waals surface area (Å²) in [5.74, 6) is 0.512. The summed E-state index contributed by atoms with van der Waals surface area (Å²) in [4.78, 5) is 15.7. The fraction of sp³-hybridized carbons (Fsp3) is 0.182. The van der Waals surface area contributed by atoms with Gasteiger partial charge in [0.1, 0.15) is 0 Å². The standard InChI is InChI=1S/C9H11NO2.C2H4/c1-2-9(11)10-12-8-6-4-3-5-7-8;1-2/h3-7H,2H2,1H3,(H,10,11);1-2H2. The predicted octanol–water partition coefficient (Wildman–Crippen LogP) is 2.31. The highest BCUT2D eigenvalue weighted by Crippen LogP contribution is 2.06. The van der Waals surface area contributed by atoms with E-state index in [0.717, 1.165) is 0 Å². The quantitative estimate of drug-likeness (QED) is 0.591. The van der Waals surface area contributed by atoms with Crippen LogP contribution in [0.1, 0.15) is 13.3 Å². The number of hydrogen-bond donors (Lipinski definition) is 1. The maximum absolute atomic E-state index is 10.7. The van der Waals surface area contributed by atoms with Crippen molar-refractivity contribution in [2.24, 2.45) is 0 Å². The summed E-state index contributed by atoms with van der Waals surface area (Å²) in [6.45, 7) is 7.77. The van der Waals surface area contributed by atoms with Gasteiger partial charge in [-0.05, 0) is 12.1 Å². The van der Waals surface area contributed by atoms with Crippen LogP contribution in [-0.4, -0.2) is 5.91 Å². The van der Waals surface area contributed by atoms with Gasteiger partial charge in [0.25, 0.3) is 5.91 Å². The lowest BCUT2D eigenvalue weighted by atomic mass is 10.3. The molecule has 3 heteroatoms. The molecular formula is C11H15NO2. The van der Waals surface area contributed by atoms with E-state index in [2.05, 4.69) is 18.6 Å². The zero-order chi connectivity index (χ0) is 10.8. The third kappa shape index (κ3) is 4.98. The first kappa shape index (κ1) is 12.2. The Morgan fingerprint density at radius 1 is 1.36 bits per heavy atom. The number of para-hydroxylation sites is 1. The second-order valence-electron chi connectivity index (χ2n) is 2.29. The minimum atomic E-state index is -0.126. The molecule has 0 radical (unpaired) electrons. The number of hydrogen-bond acceptors (Lipinski definition) is 2. The molecule has 0 aromatic heterocycles. The van der Waals surface area contributed by atoms with Gasteiger partial charge < -0.3 is 4.84 Å². The van der Waals surface area contributed by atoms with Gasteiger partial charge in [-0.1, -0.05) is 25.1 Å². The van der Waals surface area contributed by atoms with Crippen molar-refractivity contribution in [1.29, 1.82) is 0 Å². The molecule has 0 atom stereocenters. The Hall–Kier alpha value is -1.77. The van der Waals surface area contributed by atoms with Crippen molar-refractivity contribution < 1.29 is 9.63 Å². The van der Waals surface area contributed by atoms with E-state index >= 15 is 0 Å². The summed E-state index contributed by atoms with van der Waals surface area (Å²) >= 11 is 0. The largest absolute Gasteiger partial charge is 0.380 e. The van der Waals surface area contributed by atoms with Gasteiger partial charge >= 0.3 is 0 Å². The van der Waals surface area contributed by atoms with Crippen LogP contribution in [0.5, 0.6) is 5.75 Å². The molecule has 0 heterocycles. The average Bonchev–Trinajstić information content (AvgIpc) is 2.30. The highest BCUT2D eigenvalue weighted by molar-refractivity contribution is 5.74. The van der Waals surface area contributed by atoms with Crippen LogP contribution >= 0.6 is 0 Å². The van der Waals surface area contributed by atoms with Crippen molar-refractivity contribution in [3.63, 3.8) is 0 Å². The van der Waals surface area contributed by atoms with E-state index in [4.69, 9.17) is 4.84 Å². The van der Waals surface area contributed by atoms with Crippen molar-refractivity contribution >= 4 is 5.91 Å². The molecular weight excluding hydrogens is 178 g/mol. The van der Waals surface area contributed by atoms with Gasteiger partial charge in [-0.25, -0.2) is 0 Å². The van der Waals surface area contributed by atoms with E-state index in [0.29, 0.717) is 12.2 Å². The minimum Gasteiger partial charge on any atom is -0.380 e. The number of carbonyl (C=O) groups is 1. The topological polar surface area (TPSA) is 38.3 Å². The zero-order valence-electron chi connectivity index (χ0n) is 8.32. The number of benzene rings is 1. The van der Waals surface area contributed by atoms with Crippen molar-refractivity contribution in [1.82, 2.24) is 5.48 Å². The molecule has 0 bridgehead atoms. The van der Waals surface area contributed by atoms with Crippen LogP contribution in [0.4, 0.5) is 0 Å². The van der Waals surface area contributed by atoms with Crippen LogP contribution in [0.2, 0.25) is 0 Å². The van der Waals surface area contributed by atoms with Gasteiger partial charge in [0, 0.05) is 6.42 Å². The number of rotatable bonds is 3. The van der Waals surface area contributed by atoms with E-state index in [1.807, 2.05) is 18.2 Å². The number of hydroxylamine groups is 1. The summed E-state index contributed by atoms with van der Waals surface area (Å²) in [6.07, 6.45) is 0.423. The van der Waals surface area contributed by atoms with Crippen LogP contribution < -0.4 is 10.3 Å². The Bertz CT molecular complexity index is 259. The molecule has 0 saturated carbocycles. The first-order valence-electron chi connectivity index (χ1n) is 4.33. The van der Waals surface area contributed by atoms with E-state index in [1.165, 1.54) is 0 Å². The van der Waals surface area contributed by atoms with Gasteiger partial charge in [0.2, 0.25) is 0 Å². The highest BCUT2D eigenvalue weighted by atomic mass is 16.7. The zero-order valence-corrected chi connectivity index (χ0v) is 8.32. The van der Waals surface area contributed by atoms with Crippen molar-refractivity contribution in [3.8, 4) is 5.75 Å². The lowest BCUT2D eigenvalue weighted by Gasteiger charge is -2.04. The molecule has 1 aromatic carbocycles. The fourth-order valence-electron chi connectivity index (χ4n) is 0.677. The van der Waals surface area contributed by atoms with E-state index in [9.17, 15) is 4.79 Å². The van der Waals surface area contributed by atoms with E-state index in [1.54, 1.807) is 19.1 Å². The Balaban J connectivity index is 0.000000791. The normalized spacial score (nSPS) is 8.07. The van der Waals surface area contributed by atoms with E-state index < -0.39 is 0 Å². The monoisotopic (exact) mass is 193 g/mol. The lowest BCUT2D eigenvalue weighted by molar-refractivity contribution is -0.127. The van der Waals surface area contributed by atoms with Gasteiger partial charge in [-0.2, -0.15) is 5.48 Å². The Kier molecular flexibility index (Phi) is 6.86. The molecule has 0 aliphatic carbocycles. The summed E-state index contributed by atoms with van der Waals surface area (Å²) in [5.41, 5.74) is 2.31. The van der Waals surface area contributed by atoms with Gasteiger partial charge in [0.05, 0.1) is 0 Å². The Morgan fingerprint density at radius 3 is 2.43 bits per heavy atom. The van der Waals surface area contributed by atoms with Crippen LogP contribution in [0.15, 0.2) is 43.5 Å². The molecule has 0 aliphatic rings. The van der Waals surface area contributed by atoms with Gasteiger partial charge in [-0.15, -0.1) is 13.2 Å². The van der Waals surface area contributed by atoms with Crippen molar-refractivity contribution in [2.75, 3.05) is 0 Å². The molecule has 1 aromatic rings. The smallest absolute Gasteiger partial charge is 0.252 e. The molecule has 0 spiro atoms. The van der Waals surface area contributed by atoms with Gasteiger partial charge in [0.15, 0.2) is 5.75 Å². The Morgan fingerprint density at radius 2 is 1.93 bits per heavy atom. The fourth-order valence-corrected chi connectivity index (χ4v) is 0.677. The first-order valence-corrected chi connectivity index (χ1v) is 4.33. The lowest BCUT2D eigenvalue weighted by Crippen LogP contribution is -2.25. The molecule has 0 fully saturated rings. The van der Waals surface area contributed by atoms with Gasteiger partial charge in [-0.3, -0.25) is 4.79 Å². The average molecular weight is 193 g/mol. The first-order chi connectivity index (χ1) is 6.83. The molecule has 1 N–H and O–H groups in total. The summed E-state index contributed by atoms with van der Waals surface area (Å²) < 4.78 is 0. The summed E-state index contributed by atoms with van der Waals surface area (Å²) in [7, 11) is 0. The molecule has 1 amide bonds. The molecule has 0 saturated heterocycles. The van der Waals surface area contributed by atoms with Crippen molar-refractivity contribution in [3.05, 3.63) is 43.5 Å². The molecule has 76 valence electrons. The minimum absolute atomic E-state index is 0.126. The molecule has 14 heavy (non-hydrogen) atoms. The Labute approximate surface area is 84.4 Å². The molecule has 0 unspecified atom stereocenters. The second kappa shape index (κ2) is 7.86. The SMILES string of the molecule is C=C.CCC(=O)NOc1ccccc1. The third-order valence-electron chi connectivity index (χ3n) is 1.35. The molecule has 0 aliphatic heterocycles. The molecule has 1 rings (SSSR count). The van der Waals surface area contributed by atoms with Crippen LogP contribution in [0.25, 0.3) is 0 Å². The summed E-state index contributed by atoms with van der Waals surface area (Å²) in [6, 6.07) is 9.11. The second-order valence-corrected chi connectivity index (χ2v) is 2.29. The van der Waals surface area contributed by atoms with Crippen LogP contribution in [0, 0.1) is 0 Å². The number of amides is 1. The molecule has 3 nitrogen and oxygen atoms in total. The van der Waals surface area contributed by atoms with Crippen molar-refractivity contribution in [2.45, 2.75) is 13.3 Å². The van der Waals surface area contributed by atoms with Crippen LogP contribution in [-0.2, 0) is 4.79 Å². The highest BCUT2D eigenvalue weighted by Gasteiger charge is 1.95. The number of carbonyl (C=O) groups excluding carboxylic acids is 1. The predicted molar refractivity (Wildman–Crippen MR) is 56.8 cm³/mol. The maximum Gasteiger partial charge on any atom is 0.252 e.